The van der Waals surface area contributed by atoms with Crippen molar-refractivity contribution in [2.45, 2.75) is 63.9 Å². The Labute approximate surface area is 222 Å². The lowest BCUT2D eigenvalue weighted by molar-refractivity contribution is -0.141. The van der Waals surface area contributed by atoms with E-state index in [0.29, 0.717) is 27.0 Å². The van der Waals surface area contributed by atoms with Crippen LogP contribution in [0.3, 0.4) is 0 Å². The molecule has 0 bridgehead atoms. The second kappa shape index (κ2) is 9.59. The van der Waals surface area contributed by atoms with Gasteiger partial charge in [0, 0.05) is 11.1 Å². The lowest BCUT2D eigenvalue weighted by atomic mass is 9.71. The van der Waals surface area contributed by atoms with Crippen LogP contribution in [0, 0.1) is 0 Å². The predicted molar refractivity (Wildman–Crippen MR) is 140 cm³/mol. The van der Waals surface area contributed by atoms with Gasteiger partial charge in [0.15, 0.2) is 0 Å². The van der Waals surface area contributed by atoms with E-state index in [0.717, 1.165) is 31.2 Å². The number of nitrogens with zero attached hydrogens (tertiary/aromatic N) is 2. The molecule has 0 unspecified atom stereocenters. The number of nitrogens with one attached hydrogen (secondary N) is 1. The third-order valence-corrected chi connectivity index (χ3v) is 6.74. The van der Waals surface area contributed by atoms with E-state index in [1.54, 1.807) is 51.1 Å². The molecular weight excluding hydrogens is 511 g/mol. The van der Waals surface area contributed by atoms with Gasteiger partial charge in [-0.1, -0.05) is 54.6 Å². The van der Waals surface area contributed by atoms with Gasteiger partial charge >= 0.3 is 12.3 Å². The summed E-state index contributed by atoms with van der Waals surface area (Å²) in [5.74, 6) is 0.319. The Balaban J connectivity index is 1.57. The predicted octanol–water partition coefficient (Wildman–Crippen LogP) is 6.79. The van der Waals surface area contributed by atoms with Crippen LogP contribution in [-0.4, -0.2) is 27.4 Å². The highest BCUT2D eigenvalue weighted by Gasteiger charge is 2.41. The lowest BCUT2D eigenvalue weighted by Gasteiger charge is -2.43. The van der Waals surface area contributed by atoms with E-state index < -0.39 is 35.5 Å². The summed E-state index contributed by atoms with van der Waals surface area (Å²) in [5.41, 5.74) is 0.440. The first-order valence-corrected chi connectivity index (χ1v) is 12.6. The molecule has 204 valence electrons. The topological polar surface area (TPSA) is 86.4 Å². The van der Waals surface area contributed by atoms with Crippen LogP contribution in [0.1, 0.15) is 45.6 Å². The lowest BCUT2D eigenvalue weighted by Crippen LogP contribution is -2.52. The van der Waals surface area contributed by atoms with Gasteiger partial charge in [0.05, 0.1) is 5.54 Å². The minimum absolute atomic E-state index is 0.0194. The molecular formula is C29H28F3N3O4. The Morgan fingerprint density at radius 1 is 1.05 bits per heavy atom. The van der Waals surface area contributed by atoms with E-state index in [-0.39, 0.29) is 11.1 Å². The van der Waals surface area contributed by atoms with Gasteiger partial charge in [0.25, 0.3) is 5.56 Å². The molecule has 0 spiro atoms. The Kier molecular flexibility index (Phi) is 6.52. The van der Waals surface area contributed by atoms with Gasteiger partial charge in [-0.25, -0.2) is 9.78 Å². The van der Waals surface area contributed by atoms with Crippen LogP contribution in [-0.2, 0) is 16.8 Å². The van der Waals surface area contributed by atoms with Crippen LogP contribution in [0.4, 0.5) is 18.0 Å². The van der Waals surface area contributed by atoms with E-state index in [9.17, 15) is 22.8 Å². The molecule has 10 heteroatoms. The average molecular weight is 540 g/mol. The molecule has 1 N–H and O–H groups in total. The van der Waals surface area contributed by atoms with Crippen LogP contribution in [0.2, 0.25) is 0 Å². The quantitative estimate of drug-likeness (QED) is 0.302. The van der Waals surface area contributed by atoms with Gasteiger partial charge < -0.3 is 14.5 Å². The monoisotopic (exact) mass is 539 g/mol. The molecule has 39 heavy (non-hydrogen) atoms. The molecule has 0 radical (unpaired) electrons. The Bertz CT molecular complexity index is 1560. The highest BCUT2D eigenvalue weighted by molar-refractivity contribution is 5.99. The van der Waals surface area contributed by atoms with Crippen LogP contribution in [0.5, 0.6) is 0 Å². The van der Waals surface area contributed by atoms with E-state index in [4.69, 9.17) is 9.15 Å². The summed E-state index contributed by atoms with van der Waals surface area (Å²) in [5, 5.41) is 3.00. The molecule has 0 saturated heterocycles. The summed E-state index contributed by atoms with van der Waals surface area (Å²) in [6.07, 6.45) is -1.75. The largest absolute Gasteiger partial charge is 0.444 e. The fourth-order valence-corrected chi connectivity index (χ4v) is 4.87. The molecule has 1 amide bonds. The first-order valence-electron chi connectivity index (χ1n) is 12.6. The number of hydrogen-bond acceptors (Lipinski definition) is 5. The number of alkyl halides is 3. The number of halogens is 3. The van der Waals surface area contributed by atoms with Gasteiger partial charge in [-0.15, -0.1) is 0 Å². The van der Waals surface area contributed by atoms with E-state index >= 15 is 0 Å². The van der Waals surface area contributed by atoms with Crippen molar-refractivity contribution in [2.75, 3.05) is 0 Å². The van der Waals surface area contributed by atoms with Crippen LogP contribution < -0.4 is 10.9 Å². The van der Waals surface area contributed by atoms with Gasteiger partial charge in [-0.05, 0) is 51.2 Å². The summed E-state index contributed by atoms with van der Waals surface area (Å²) in [6, 6.07) is 16.2. The van der Waals surface area contributed by atoms with E-state index in [2.05, 4.69) is 10.3 Å². The minimum Gasteiger partial charge on any atom is -0.444 e. The number of benzene rings is 2. The third-order valence-electron chi connectivity index (χ3n) is 6.74. The average Bonchev–Trinajstić information content (AvgIpc) is 3.22. The Morgan fingerprint density at radius 3 is 2.28 bits per heavy atom. The van der Waals surface area contributed by atoms with Crippen LogP contribution >= 0.6 is 0 Å². The highest BCUT2D eigenvalue weighted by Crippen LogP contribution is 2.43. The van der Waals surface area contributed by atoms with Crippen molar-refractivity contribution in [2.24, 2.45) is 0 Å². The molecule has 1 aliphatic rings. The maximum atomic E-state index is 13.2. The Morgan fingerprint density at radius 2 is 1.72 bits per heavy atom. The van der Waals surface area contributed by atoms with Crippen molar-refractivity contribution >= 4 is 17.2 Å². The number of hydrogen-bond donors (Lipinski definition) is 1. The highest BCUT2D eigenvalue weighted by atomic mass is 19.4. The van der Waals surface area contributed by atoms with E-state index in [1.165, 1.54) is 0 Å². The number of carbonyl (C=O) groups excluding carboxylic acids is 1. The molecule has 1 saturated carbocycles. The summed E-state index contributed by atoms with van der Waals surface area (Å²) < 4.78 is 51.3. The number of rotatable bonds is 5. The fraction of sp³-hybridized carbons (Fsp3) is 0.345. The number of amides is 1. The third kappa shape index (κ3) is 5.41. The van der Waals surface area contributed by atoms with Gasteiger partial charge in [-0.2, -0.15) is 13.2 Å². The van der Waals surface area contributed by atoms with Gasteiger partial charge in [0.2, 0.25) is 5.71 Å². The normalized spacial score (nSPS) is 15.1. The first kappa shape index (κ1) is 26.5. The summed E-state index contributed by atoms with van der Waals surface area (Å²) >= 11 is 0. The van der Waals surface area contributed by atoms with Crippen molar-refractivity contribution in [1.82, 2.24) is 14.9 Å². The zero-order valence-corrected chi connectivity index (χ0v) is 21.8. The molecule has 1 fully saturated rings. The summed E-state index contributed by atoms with van der Waals surface area (Å²) in [4.78, 5) is 29.7. The standard InChI is InChI=1S/C29H28F3N3O4/c1-27(2,3)39-26(37)34-28(14-7-15-28)20-12-10-19(11-13-20)23-21(18-8-5-4-6-9-18)22-24(38-23)33-17-35(25(22)36)16-29(30,31)32/h4-6,8-13,17H,7,14-16H2,1-3H3,(H,34,37). The second-order valence-electron chi connectivity index (χ2n) is 10.8. The van der Waals surface area contributed by atoms with Crippen LogP contribution in [0.25, 0.3) is 33.6 Å². The van der Waals surface area contributed by atoms with Crippen molar-refractivity contribution in [1.29, 1.82) is 0 Å². The first-order chi connectivity index (χ1) is 18.4. The van der Waals surface area contributed by atoms with Crippen molar-refractivity contribution in [3.63, 3.8) is 0 Å². The fourth-order valence-electron chi connectivity index (χ4n) is 4.87. The zero-order chi connectivity index (χ0) is 28.0. The van der Waals surface area contributed by atoms with Crippen molar-refractivity contribution in [3.8, 4) is 22.5 Å². The SMILES string of the molecule is CC(C)(C)OC(=O)NC1(c2ccc(-c3oc4ncn(CC(F)(F)F)c(=O)c4c3-c3ccccc3)cc2)CCC1. The molecule has 7 nitrogen and oxygen atoms in total. The van der Waals surface area contributed by atoms with Crippen molar-refractivity contribution in [3.05, 3.63) is 76.8 Å². The molecule has 1 aliphatic carbocycles. The van der Waals surface area contributed by atoms with E-state index in [1.807, 2.05) is 24.3 Å². The smallest absolute Gasteiger partial charge is 0.408 e. The molecule has 5 rings (SSSR count). The maximum absolute atomic E-state index is 13.2. The number of alkyl carbamates (subject to hydrolysis) is 1. The maximum Gasteiger partial charge on any atom is 0.408 e. The molecule has 2 heterocycles. The Hall–Kier alpha value is -4.08. The zero-order valence-electron chi connectivity index (χ0n) is 21.8. The number of fused-ring (bicyclic) bond motifs is 1. The van der Waals surface area contributed by atoms with Gasteiger partial charge in [0.1, 0.15) is 29.6 Å². The summed E-state index contributed by atoms with van der Waals surface area (Å²) in [6.45, 7) is 3.96. The molecule has 2 aromatic heterocycles. The number of carbonyl (C=O) groups is 1. The molecule has 0 atom stereocenters. The molecule has 4 aromatic rings. The number of ether oxygens (including phenoxy) is 1. The second-order valence-corrected chi connectivity index (χ2v) is 10.8. The minimum atomic E-state index is -4.58. The van der Waals surface area contributed by atoms with Gasteiger partial charge in [-0.3, -0.25) is 9.36 Å². The molecule has 2 aromatic carbocycles. The number of furan rings is 1. The molecule has 0 aliphatic heterocycles. The number of aromatic nitrogens is 2. The summed E-state index contributed by atoms with van der Waals surface area (Å²) in [7, 11) is 0. The van der Waals surface area contributed by atoms with Crippen molar-refractivity contribution < 1.29 is 27.1 Å². The van der Waals surface area contributed by atoms with Crippen LogP contribution in [0.15, 0.2) is 70.1 Å².